The summed E-state index contributed by atoms with van der Waals surface area (Å²) in [4.78, 5) is 24.6. The fourth-order valence-corrected chi connectivity index (χ4v) is 2.72. The Morgan fingerprint density at radius 1 is 1.57 bits per heavy atom. The number of nitro groups is 1. The van der Waals surface area contributed by atoms with Crippen molar-refractivity contribution >= 4 is 11.6 Å². The number of carbonyl (C=O) groups excluding carboxylic acids is 1. The maximum absolute atomic E-state index is 12.6. The Balaban J connectivity index is 2.29. The van der Waals surface area contributed by atoms with Gasteiger partial charge >= 0.3 is 0 Å². The van der Waals surface area contributed by atoms with Crippen molar-refractivity contribution in [1.29, 1.82) is 0 Å². The van der Waals surface area contributed by atoms with Crippen molar-refractivity contribution < 1.29 is 14.5 Å². The minimum absolute atomic E-state index is 0.0993. The highest BCUT2D eigenvalue weighted by atomic mass is 16.6. The number of nitro benzene ring substituents is 1. The van der Waals surface area contributed by atoms with Crippen LogP contribution in [0.1, 0.15) is 23.7 Å². The lowest BCUT2D eigenvalue weighted by Crippen LogP contribution is -2.34. The fraction of sp³-hybridized carbons (Fsp3) is 0.500. The van der Waals surface area contributed by atoms with E-state index in [1.807, 2.05) is 6.92 Å². The van der Waals surface area contributed by atoms with Gasteiger partial charge in [-0.15, -0.1) is 0 Å². The number of benzene rings is 1. The van der Waals surface area contributed by atoms with Gasteiger partial charge in [0.15, 0.2) is 0 Å². The number of nitrogens with two attached hydrogens (primary N) is 1. The number of non-ortho nitro benzene ring substituents is 1. The number of carbonyl (C=O) groups is 1. The second-order valence-electron chi connectivity index (χ2n) is 5.29. The van der Waals surface area contributed by atoms with E-state index in [0.717, 1.165) is 6.42 Å². The molecule has 1 fully saturated rings. The van der Waals surface area contributed by atoms with Crippen molar-refractivity contribution in [2.75, 3.05) is 20.2 Å². The molecule has 1 heterocycles. The third-order valence-electron chi connectivity index (χ3n) is 3.88. The lowest BCUT2D eigenvalue weighted by atomic mass is 10.1. The van der Waals surface area contributed by atoms with Crippen LogP contribution >= 0.6 is 0 Å². The van der Waals surface area contributed by atoms with Gasteiger partial charge in [-0.1, -0.05) is 0 Å². The monoisotopic (exact) mass is 293 g/mol. The summed E-state index contributed by atoms with van der Waals surface area (Å²) >= 11 is 0. The van der Waals surface area contributed by atoms with Gasteiger partial charge in [-0.2, -0.15) is 0 Å². The average Bonchev–Trinajstić information content (AvgIpc) is 2.86. The second kappa shape index (κ2) is 6.09. The van der Waals surface area contributed by atoms with E-state index >= 15 is 0 Å². The van der Waals surface area contributed by atoms with E-state index in [-0.39, 0.29) is 23.4 Å². The molecule has 1 aliphatic heterocycles. The van der Waals surface area contributed by atoms with Gasteiger partial charge in [0, 0.05) is 18.7 Å². The molecule has 7 heteroatoms. The highest BCUT2D eigenvalue weighted by molar-refractivity contribution is 5.97. The number of nitrogens with zero attached hydrogens (tertiary/aromatic N) is 2. The normalized spacial score (nSPS) is 21.4. The van der Waals surface area contributed by atoms with Crippen LogP contribution in [0.4, 0.5) is 5.69 Å². The standard InChI is InChI=1S/C14H19N3O4/c1-9-5-10(7-15)8-16(9)14(18)12-4-3-11(17(19)20)6-13(12)21-2/h3-4,6,9-10H,5,7-8,15H2,1-2H3. The van der Waals surface area contributed by atoms with Gasteiger partial charge in [0.1, 0.15) is 5.75 Å². The van der Waals surface area contributed by atoms with Gasteiger partial charge in [-0.3, -0.25) is 14.9 Å². The molecule has 21 heavy (non-hydrogen) atoms. The quantitative estimate of drug-likeness (QED) is 0.668. The maximum Gasteiger partial charge on any atom is 0.273 e. The highest BCUT2D eigenvalue weighted by Gasteiger charge is 2.33. The summed E-state index contributed by atoms with van der Waals surface area (Å²) in [6.07, 6.45) is 0.873. The smallest absolute Gasteiger partial charge is 0.273 e. The maximum atomic E-state index is 12.6. The van der Waals surface area contributed by atoms with E-state index < -0.39 is 4.92 Å². The Labute approximate surface area is 122 Å². The molecule has 0 bridgehead atoms. The first-order chi connectivity index (χ1) is 9.97. The summed E-state index contributed by atoms with van der Waals surface area (Å²) in [5.74, 6) is 0.343. The van der Waals surface area contributed by atoms with Crippen molar-refractivity contribution in [3.63, 3.8) is 0 Å². The molecule has 7 nitrogen and oxygen atoms in total. The lowest BCUT2D eigenvalue weighted by Gasteiger charge is -2.22. The SMILES string of the molecule is COc1cc([N+](=O)[O-])ccc1C(=O)N1CC(CN)CC1C. The van der Waals surface area contributed by atoms with E-state index in [4.69, 9.17) is 10.5 Å². The third-order valence-corrected chi connectivity index (χ3v) is 3.88. The molecule has 0 radical (unpaired) electrons. The van der Waals surface area contributed by atoms with E-state index in [9.17, 15) is 14.9 Å². The van der Waals surface area contributed by atoms with E-state index in [2.05, 4.69) is 0 Å². The minimum Gasteiger partial charge on any atom is -0.496 e. The van der Waals surface area contributed by atoms with Crippen molar-refractivity contribution in [1.82, 2.24) is 4.90 Å². The number of methoxy groups -OCH3 is 1. The highest BCUT2D eigenvalue weighted by Crippen LogP contribution is 2.29. The zero-order valence-electron chi connectivity index (χ0n) is 12.1. The molecule has 2 unspecified atom stereocenters. The molecule has 0 aliphatic carbocycles. The van der Waals surface area contributed by atoms with E-state index in [0.29, 0.717) is 24.6 Å². The summed E-state index contributed by atoms with van der Waals surface area (Å²) in [6, 6.07) is 4.14. The Morgan fingerprint density at radius 3 is 2.81 bits per heavy atom. The average molecular weight is 293 g/mol. The number of likely N-dealkylation sites (tertiary alicyclic amines) is 1. The Morgan fingerprint density at radius 2 is 2.29 bits per heavy atom. The zero-order valence-corrected chi connectivity index (χ0v) is 12.1. The van der Waals surface area contributed by atoms with Gasteiger partial charge < -0.3 is 15.4 Å². The van der Waals surface area contributed by atoms with Crippen LogP contribution in [0, 0.1) is 16.0 Å². The van der Waals surface area contributed by atoms with Gasteiger partial charge in [0.05, 0.1) is 23.7 Å². The van der Waals surface area contributed by atoms with Crippen LogP contribution in [0.3, 0.4) is 0 Å². The summed E-state index contributed by atoms with van der Waals surface area (Å²) in [5, 5.41) is 10.8. The third kappa shape index (κ3) is 2.97. The van der Waals surface area contributed by atoms with Crippen LogP contribution in [0.25, 0.3) is 0 Å². The first-order valence-electron chi connectivity index (χ1n) is 6.81. The van der Waals surface area contributed by atoms with Crippen molar-refractivity contribution in [2.24, 2.45) is 11.7 Å². The van der Waals surface area contributed by atoms with Crippen molar-refractivity contribution in [3.05, 3.63) is 33.9 Å². The Hall–Kier alpha value is -2.15. The zero-order chi connectivity index (χ0) is 15.6. The van der Waals surface area contributed by atoms with Crippen LogP contribution in [0.5, 0.6) is 5.75 Å². The summed E-state index contributed by atoms with van der Waals surface area (Å²) < 4.78 is 5.13. The van der Waals surface area contributed by atoms with Crippen LogP contribution in [0.2, 0.25) is 0 Å². The van der Waals surface area contributed by atoms with Gasteiger partial charge in [-0.05, 0) is 31.9 Å². The van der Waals surface area contributed by atoms with Crippen molar-refractivity contribution in [3.8, 4) is 5.75 Å². The molecule has 2 N–H and O–H groups in total. The Kier molecular flexibility index (Phi) is 4.42. The number of hydrogen-bond acceptors (Lipinski definition) is 5. The summed E-state index contributed by atoms with van der Waals surface area (Å²) in [5.41, 5.74) is 5.91. The molecule has 0 spiro atoms. The van der Waals surface area contributed by atoms with Gasteiger partial charge in [0.2, 0.25) is 0 Å². The lowest BCUT2D eigenvalue weighted by molar-refractivity contribution is -0.384. The van der Waals surface area contributed by atoms with Crippen LogP contribution in [-0.4, -0.2) is 42.0 Å². The molecule has 1 aliphatic rings. The molecule has 0 saturated carbocycles. The molecular weight excluding hydrogens is 274 g/mol. The van der Waals surface area contributed by atoms with Gasteiger partial charge in [0.25, 0.3) is 11.6 Å². The minimum atomic E-state index is -0.514. The molecule has 1 aromatic carbocycles. The van der Waals surface area contributed by atoms with Crippen LogP contribution < -0.4 is 10.5 Å². The molecule has 1 saturated heterocycles. The fourth-order valence-electron chi connectivity index (χ4n) is 2.72. The summed E-state index contributed by atoms with van der Waals surface area (Å²) in [7, 11) is 1.39. The number of ether oxygens (including phenoxy) is 1. The molecule has 1 aromatic rings. The van der Waals surface area contributed by atoms with E-state index in [1.54, 1.807) is 4.90 Å². The predicted octanol–water partition coefficient (Wildman–Crippen LogP) is 1.41. The van der Waals surface area contributed by atoms with Crippen molar-refractivity contribution in [2.45, 2.75) is 19.4 Å². The molecule has 114 valence electrons. The largest absolute Gasteiger partial charge is 0.496 e. The molecular formula is C14H19N3O4. The molecule has 2 rings (SSSR count). The second-order valence-corrected chi connectivity index (χ2v) is 5.29. The predicted molar refractivity (Wildman–Crippen MR) is 77.3 cm³/mol. The topological polar surface area (TPSA) is 98.7 Å². The summed E-state index contributed by atoms with van der Waals surface area (Å²) in [6.45, 7) is 3.13. The number of amides is 1. The van der Waals surface area contributed by atoms with E-state index in [1.165, 1.54) is 25.3 Å². The van der Waals surface area contributed by atoms with Crippen LogP contribution in [-0.2, 0) is 0 Å². The first kappa shape index (κ1) is 15.2. The molecule has 2 atom stereocenters. The van der Waals surface area contributed by atoms with Gasteiger partial charge in [-0.25, -0.2) is 0 Å². The first-order valence-corrected chi connectivity index (χ1v) is 6.81. The number of hydrogen-bond donors (Lipinski definition) is 1. The molecule has 1 amide bonds. The number of rotatable bonds is 4. The Bertz CT molecular complexity index is 561. The molecule has 0 aromatic heterocycles. The van der Waals surface area contributed by atoms with Crippen LogP contribution in [0.15, 0.2) is 18.2 Å².